The number of carbonyl (C=O) groups is 1. The zero-order valence-corrected chi connectivity index (χ0v) is 18.6. The maximum absolute atomic E-state index is 11.9. The maximum atomic E-state index is 11.9. The molecule has 4 aromatic rings. The van der Waals surface area contributed by atoms with Gasteiger partial charge in [-0.25, -0.2) is 9.78 Å². The Bertz CT molecular complexity index is 1130. The van der Waals surface area contributed by atoms with E-state index in [0.29, 0.717) is 12.4 Å². The number of benzene rings is 2. The second-order valence-electron chi connectivity index (χ2n) is 6.74. The summed E-state index contributed by atoms with van der Waals surface area (Å²) < 4.78 is 5.28. The fraction of sp³-hybridized carbons (Fsp3) is 0.174. The van der Waals surface area contributed by atoms with Crippen LogP contribution in [-0.4, -0.2) is 33.4 Å². The van der Waals surface area contributed by atoms with Crippen molar-refractivity contribution in [3.8, 4) is 0 Å². The maximum Gasteiger partial charge on any atom is 0.411 e. The molecule has 0 aliphatic rings. The topological polar surface area (TPSA) is 79.9 Å². The molecule has 2 heterocycles. The Balaban J connectivity index is 1.26. The summed E-state index contributed by atoms with van der Waals surface area (Å²) in [5.41, 5.74) is 5.10. The van der Waals surface area contributed by atoms with Crippen LogP contribution in [0.15, 0.2) is 77.0 Å². The molecule has 0 fully saturated rings. The van der Waals surface area contributed by atoms with Crippen molar-refractivity contribution < 1.29 is 9.53 Å². The zero-order valence-electron chi connectivity index (χ0n) is 17.0. The first-order chi connectivity index (χ1) is 15.2. The first-order valence-corrected chi connectivity index (χ1v) is 11.8. The summed E-state index contributed by atoms with van der Waals surface area (Å²) in [6, 6.07) is 17.5. The van der Waals surface area contributed by atoms with Crippen LogP contribution in [0.2, 0.25) is 0 Å². The van der Waals surface area contributed by atoms with Gasteiger partial charge in [0.15, 0.2) is 5.16 Å². The number of hydrogen-bond donors (Lipinski definition) is 2. The molecule has 4 rings (SSSR count). The molecule has 2 N–H and O–H groups in total. The number of carbonyl (C=O) groups excluding carboxylic acids is 1. The molecule has 0 radical (unpaired) electrons. The number of ether oxygens (including phenoxy) is 1. The molecule has 31 heavy (non-hydrogen) atoms. The van der Waals surface area contributed by atoms with E-state index in [-0.39, 0.29) is 0 Å². The predicted octanol–water partition coefficient (Wildman–Crippen LogP) is 5.90. The van der Waals surface area contributed by atoms with Gasteiger partial charge >= 0.3 is 6.09 Å². The van der Waals surface area contributed by atoms with Crippen LogP contribution in [0.25, 0.3) is 11.0 Å². The van der Waals surface area contributed by atoms with Crippen LogP contribution in [0, 0.1) is 6.92 Å². The lowest BCUT2D eigenvalue weighted by atomic mass is 10.1. The molecule has 0 saturated heterocycles. The Morgan fingerprint density at radius 2 is 1.97 bits per heavy atom. The minimum Gasteiger partial charge on any atom is -0.448 e. The van der Waals surface area contributed by atoms with Crippen LogP contribution in [0.5, 0.6) is 0 Å². The highest BCUT2D eigenvalue weighted by Crippen LogP contribution is 2.29. The number of H-pyrrole nitrogens is 1. The smallest absolute Gasteiger partial charge is 0.411 e. The van der Waals surface area contributed by atoms with Gasteiger partial charge in [-0.3, -0.25) is 10.3 Å². The third-order valence-corrected chi connectivity index (χ3v) is 6.66. The second kappa shape index (κ2) is 10.4. The monoisotopic (exact) mass is 450 g/mol. The van der Waals surface area contributed by atoms with Crippen molar-refractivity contribution in [2.24, 2.45) is 0 Å². The number of pyridine rings is 1. The Kier molecular flexibility index (Phi) is 7.11. The van der Waals surface area contributed by atoms with Crippen molar-refractivity contribution in [1.29, 1.82) is 0 Å². The van der Waals surface area contributed by atoms with Gasteiger partial charge in [0.05, 0.1) is 17.2 Å². The molecule has 0 saturated carbocycles. The van der Waals surface area contributed by atoms with Crippen LogP contribution in [0.3, 0.4) is 0 Å². The van der Waals surface area contributed by atoms with Gasteiger partial charge in [-0.2, -0.15) is 0 Å². The van der Waals surface area contributed by atoms with E-state index < -0.39 is 6.09 Å². The number of aromatic nitrogens is 3. The van der Waals surface area contributed by atoms with Gasteiger partial charge in [0.25, 0.3) is 0 Å². The third-order valence-electron chi connectivity index (χ3n) is 4.62. The SMILES string of the molecule is Cc1c(CSc2nc3ccncc3[nH]2)cccc1SCCOC(=O)Nc1ccccc1. The summed E-state index contributed by atoms with van der Waals surface area (Å²) in [6.07, 6.45) is 3.10. The highest BCUT2D eigenvalue weighted by atomic mass is 32.2. The van der Waals surface area contributed by atoms with Gasteiger partial charge < -0.3 is 9.72 Å². The lowest BCUT2D eigenvalue weighted by Gasteiger charge is -2.11. The molecule has 2 aromatic carbocycles. The number of hydrogen-bond acceptors (Lipinski definition) is 6. The number of nitrogens with zero attached hydrogens (tertiary/aromatic N) is 2. The summed E-state index contributed by atoms with van der Waals surface area (Å²) in [6.45, 7) is 2.47. The molecule has 0 atom stereocenters. The van der Waals surface area contributed by atoms with Crippen molar-refractivity contribution in [2.75, 3.05) is 17.7 Å². The summed E-state index contributed by atoms with van der Waals surface area (Å²) in [5.74, 6) is 1.51. The van der Waals surface area contributed by atoms with Crippen molar-refractivity contribution in [3.05, 3.63) is 78.1 Å². The summed E-state index contributed by atoms with van der Waals surface area (Å²) in [4.78, 5) is 25.1. The van der Waals surface area contributed by atoms with Gasteiger partial charge in [0.1, 0.15) is 6.61 Å². The molecule has 158 valence electrons. The van der Waals surface area contributed by atoms with Crippen molar-refractivity contribution in [3.63, 3.8) is 0 Å². The van der Waals surface area contributed by atoms with Crippen LogP contribution >= 0.6 is 23.5 Å². The molecule has 6 nitrogen and oxygen atoms in total. The fourth-order valence-corrected chi connectivity index (χ4v) is 4.84. The number of para-hydroxylation sites is 1. The Hall–Kier alpha value is -2.97. The van der Waals surface area contributed by atoms with E-state index >= 15 is 0 Å². The quantitative estimate of drug-likeness (QED) is 0.257. The number of nitrogens with one attached hydrogen (secondary N) is 2. The third kappa shape index (κ3) is 5.80. The molecular weight excluding hydrogens is 428 g/mol. The Morgan fingerprint density at radius 3 is 2.81 bits per heavy atom. The number of thioether (sulfide) groups is 2. The first kappa shape index (κ1) is 21.3. The number of fused-ring (bicyclic) bond motifs is 1. The van der Waals surface area contributed by atoms with E-state index in [9.17, 15) is 4.79 Å². The molecular formula is C23H22N4O2S2. The van der Waals surface area contributed by atoms with E-state index in [0.717, 1.165) is 27.6 Å². The Morgan fingerprint density at radius 1 is 1.10 bits per heavy atom. The molecule has 0 aliphatic heterocycles. The van der Waals surface area contributed by atoms with Crippen molar-refractivity contribution >= 4 is 46.3 Å². The van der Waals surface area contributed by atoms with E-state index in [2.05, 4.69) is 45.4 Å². The van der Waals surface area contributed by atoms with E-state index in [1.54, 1.807) is 35.9 Å². The van der Waals surface area contributed by atoms with Crippen LogP contribution < -0.4 is 5.32 Å². The lowest BCUT2D eigenvalue weighted by Crippen LogP contribution is -2.15. The average Bonchev–Trinajstić information content (AvgIpc) is 3.20. The highest BCUT2D eigenvalue weighted by molar-refractivity contribution is 7.99. The molecule has 8 heteroatoms. The number of rotatable bonds is 8. The standard InChI is InChI=1S/C23H22N4O2S2/c1-16-17(15-31-22-26-19-10-11-24-14-20(19)27-22)6-5-9-21(16)30-13-12-29-23(28)25-18-7-3-2-4-8-18/h2-11,14H,12-13,15H2,1H3,(H,25,28)(H,26,27). The van der Waals surface area contributed by atoms with Gasteiger partial charge in [-0.15, -0.1) is 11.8 Å². The minimum absolute atomic E-state index is 0.342. The number of imidazole rings is 1. The number of anilines is 1. The van der Waals surface area contributed by atoms with Gasteiger partial charge in [-0.1, -0.05) is 42.1 Å². The van der Waals surface area contributed by atoms with Crippen molar-refractivity contribution in [1.82, 2.24) is 15.0 Å². The normalized spacial score (nSPS) is 10.9. The molecule has 0 aliphatic carbocycles. The first-order valence-electron chi connectivity index (χ1n) is 9.82. The minimum atomic E-state index is -0.435. The average molecular weight is 451 g/mol. The summed E-state index contributed by atoms with van der Waals surface area (Å²) in [5, 5.41) is 3.60. The molecule has 0 spiro atoms. The molecule has 0 unspecified atom stereocenters. The van der Waals surface area contributed by atoms with E-state index in [4.69, 9.17) is 4.74 Å². The zero-order chi connectivity index (χ0) is 21.5. The van der Waals surface area contributed by atoms with E-state index in [1.165, 1.54) is 16.0 Å². The highest BCUT2D eigenvalue weighted by Gasteiger charge is 2.09. The number of amides is 1. The predicted molar refractivity (Wildman–Crippen MR) is 127 cm³/mol. The van der Waals surface area contributed by atoms with Crippen LogP contribution in [-0.2, 0) is 10.5 Å². The van der Waals surface area contributed by atoms with Crippen molar-refractivity contribution in [2.45, 2.75) is 22.7 Å². The van der Waals surface area contributed by atoms with Crippen LogP contribution in [0.1, 0.15) is 11.1 Å². The largest absolute Gasteiger partial charge is 0.448 e. The molecule has 2 aromatic heterocycles. The summed E-state index contributed by atoms with van der Waals surface area (Å²) in [7, 11) is 0. The Labute approximate surface area is 189 Å². The molecule has 0 bridgehead atoms. The fourth-order valence-electron chi connectivity index (χ4n) is 2.98. The second-order valence-corrected chi connectivity index (χ2v) is 8.84. The summed E-state index contributed by atoms with van der Waals surface area (Å²) >= 11 is 3.36. The van der Waals surface area contributed by atoms with Gasteiger partial charge in [0.2, 0.25) is 0 Å². The lowest BCUT2D eigenvalue weighted by molar-refractivity contribution is 0.169. The van der Waals surface area contributed by atoms with Gasteiger partial charge in [-0.05, 0) is 42.3 Å². The van der Waals surface area contributed by atoms with Crippen LogP contribution in [0.4, 0.5) is 10.5 Å². The number of aromatic amines is 1. The molecule has 1 amide bonds. The van der Waals surface area contributed by atoms with E-state index in [1.807, 2.05) is 36.4 Å². The van der Waals surface area contributed by atoms with Gasteiger partial charge in [0, 0.05) is 28.3 Å².